The van der Waals surface area contributed by atoms with Crippen LogP contribution in [0.4, 0.5) is 5.69 Å². The van der Waals surface area contributed by atoms with Gasteiger partial charge in [0.05, 0.1) is 5.52 Å². The minimum atomic E-state index is -0.370. The van der Waals surface area contributed by atoms with Crippen molar-refractivity contribution in [3.05, 3.63) is 28.7 Å². The number of carbonyl (C=O) groups excluding carboxylic acids is 1. The van der Waals surface area contributed by atoms with Gasteiger partial charge in [-0.2, -0.15) is 0 Å². The molecule has 1 aromatic carbocycles. The van der Waals surface area contributed by atoms with Crippen LogP contribution in [0.15, 0.2) is 27.4 Å². The fourth-order valence-electron chi connectivity index (χ4n) is 2.56. The Bertz CT molecular complexity index is 726. The fourth-order valence-corrected chi connectivity index (χ4v) is 2.56. The van der Waals surface area contributed by atoms with Gasteiger partial charge in [0.2, 0.25) is 5.91 Å². The molecule has 1 heterocycles. The number of aromatic nitrogens is 1. The number of fused-ring (bicyclic) bond motifs is 1. The molecule has 23 heavy (non-hydrogen) atoms. The molecule has 6 heteroatoms. The molecule has 0 unspecified atom stereocenters. The van der Waals surface area contributed by atoms with Crippen LogP contribution >= 0.6 is 0 Å². The third-order valence-electron chi connectivity index (χ3n) is 4.06. The van der Waals surface area contributed by atoms with E-state index in [9.17, 15) is 9.59 Å². The second kappa shape index (κ2) is 7.46. The predicted molar refractivity (Wildman–Crippen MR) is 91.7 cm³/mol. The number of hydrogen-bond acceptors (Lipinski definition) is 4. The smallest absolute Gasteiger partial charge is 0.408 e. The first-order valence-corrected chi connectivity index (χ1v) is 8.05. The minimum Gasteiger partial charge on any atom is -0.408 e. The number of nitrogens with zero attached hydrogens (tertiary/aromatic N) is 2. The lowest BCUT2D eigenvalue weighted by molar-refractivity contribution is -0.120. The number of hydrogen-bond donors (Lipinski definition) is 1. The molecule has 0 bridgehead atoms. The van der Waals surface area contributed by atoms with E-state index in [1.807, 2.05) is 32.8 Å². The number of rotatable bonds is 7. The zero-order valence-electron chi connectivity index (χ0n) is 14.3. The summed E-state index contributed by atoms with van der Waals surface area (Å²) in [4.78, 5) is 26.2. The molecule has 2 rings (SSSR count). The van der Waals surface area contributed by atoms with Gasteiger partial charge in [-0.05, 0) is 45.1 Å². The van der Waals surface area contributed by atoms with Gasteiger partial charge in [-0.1, -0.05) is 13.8 Å². The van der Waals surface area contributed by atoms with Crippen molar-refractivity contribution in [2.45, 2.75) is 33.2 Å². The Morgan fingerprint density at radius 3 is 2.61 bits per heavy atom. The third kappa shape index (κ3) is 4.01. The van der Waals surface area contributed by atoms with Crippen LogP contribution in [0.3, 0.4) is 0 Å². The monoisotopic (exact) mass is 319 g/mol. The molecular formula is C17H25N3O3. The van der Waals surface area contributed by atoms with Crippen LogP contribution in [0, 0.1) is 5.92 Å². The molecule has 1 amide bonds. The van der Waals surface area contributed by atoms with Crippen molar-refractivity contribution in [2.75, 3.05) is 26.0 Å². The van der Waals surface area contributed by atoms with Crippen molar-refractivity contribution in [1.82, 2.24) is 9.47 Å². The SMILES string of the molecule is CCC(CC)C(=O)Nc1ccc2oc(=O)n(CCN(C)C)c2c1. The lowest BCUT2D eigenvalue weighted by atomic mass is 10.0. The molecule has 0 aliphatic carbocycles. The lowest BCUT2D eigenvalue weighted by Gasteiger charge is -2.13. The lowest BCUT2D eigenvalue weighted by Crippen LogP contribution is -2.24. The van der Waals surface area contributed by atoms with Gasteiger partial charge in [0.15, 0.2) is 5.58 Å². The van der Waals surface area contributed by atoms with Gasteiger partial charge in [0.1, 0.15) is 0 Å². The van der Waals surface area contributed by atoms with Crippen LogP contribution in [0.25, 0.3) is 11.1 Å². The van der Waals surface area contributed by atoms with Gasteiger partial charge >= 0.3 is 5.76 Å². The second-order valence-electron chi connectivity index (χ2n) is 6.01. The maximum absolute atomic E-state index is 12.2. The molecule has 126 valence electrons. The van der Waals surface area contributed by atoms with E-state index in [1.165, 1.54) is 0 Å². The standard InChI is InChI=1S/C17H25N3O3/c1-5-12(6-2)16(21)18-13-7-8-15-14(11-13)20(17(22)23-15)10-9-19(3)4/h7-8,11-12H,5-6,9-10H2,1-4H3,(H,18,21). The third-order valence-corrected chi connectivity index (χ3v) is 4.06. The molecule has 1 N–H and O–H groups in total. The van der Waals surface area contributed by atoms with E-state index in [0.29, 0.717) is 23.3 Å². The van der Waals surface area contributed by atoms with Crippen LogP contribution in [0.5, 0.6) is 0 Å². The molecule has 0 saturated carbocycles. The van der Waals surface area contributed by atoms with E-state index >= 15 is 0 Å². The Morgan fingerprint density at radius 2 is 2.00 bits per heavy atom. The van der Waals surface area contributed by atoms with Crippen molar-refractivity contribution < 1.29 is 9.21 Å². The number of amides is 1. The van der Waals surface area contributed by atoms with Crippen molar-refractivity contribution >= 4 is 22.7 Å². The molecular weight excluding hydrogens is 294 g/mol. The van der Waals surface area contributed by atoms with Crippen LogP contribution in [0.2, 0.25) is 0 Å². The summed E-state index contributed by atoms with van der Waals surface area (Å²) in [6.45, 7) is 5.29. The summed E-state index contributed by atoms with van der Waals surface area (Å²) in [6.07, 6.45) is 1.62. The Hall–Kier alpha value is -2.08. The number of nitrogens with one attached hydrogen (secondary N) is 1. The fraction of sp³-hybridized carbons (Fsp3) is 0.529. The zero-order valence-corrected chi connectivity index (χ0v) is 14.3. The van der Waals surface area contributed by atoms with Gasteiger partial charge in [-0.3, -0.25) is 9.36 Å². The minimum absolute atomic E-state index is 0.00554. The van der Waals surface area contributed by atoms with E-state index in [2.05, 4.69) is 5.32 Å². The highest BCUT2D eigenvalue weighted by atomic mass is 16.4. The maximum atomic E-state index is 12.2. The molecule has 2 aromatic rings. The number of oxazole rings is 1. The van der Waals surface area contributed by atoms with Crippen molar-refractivity contribution in [3.63, 3.8) is 0 Å². The largest absolute Gasteiger partial charge is 0.419 e. The molecule has 0 spiro atoms. The van der Waals surface area contributed by atoms with Gasteiger partial charge in [-0.25, -0.2) is 4.79 Å². The summed E-state index contributed by atoms with van der Waals surface area (Å²) >= 11 is 0. The first-order valence-electron chi connectivity index (χ1n) is 8.05. The Labute approximate surface area is 136 Å². The Kier molecular flexibility index (Phi) is 5.60. The molecule has 0 radical (unpaired) electrons. The van der Waals surface area contributed by atoms with Crippen LogP contribution < -0.4 is 11.1 Å². The quantitative estimate of drug-likeness (QED) is 0.851. The summed E-state index contributed by atoms with van der Waals surface area (Å²) in [7, 11) is 3.91. The van der Waals surface area contributed by atoms with Gasteiger partial charge in [0.25, 0.3) is 0 Å². The molecule has 1 aromatic heterocycles. The van der Waals surface area contributed by atoms with Crippen LogP contribution in [-0.2, 0) is 11.3 Å². The molecule has 0 fully saturated rings. The summed E-state index contributed by atoms with van der Waals surface area (Å²) in [6, 6.07) is 5.30. The van der Waals surface area contributed by atoms with E-state index in [0.717, 1.165) is 19.4 Å². The van der Waals surface area contributed by atoms with E-state index in [1.54, 1.807) is 22.8 Å². The highest BCUT2D eigenvalue weighted by Crippen LogP contribution is 2.20. The first kappa shape index (κ1) is 17.3. The molecule has 0 aliphatic rings. The molecule has 0 atom stereocenters. The number of benzene rings is 1. The Morgan fingerprint density at radius 1 is 1.30 bits per heavy atom. The van der Waals surface area contributed by atoms with Crippen molar-refractivity contribution in [3.8, 4) is 0 Å². The summed E-state index contributed by atoms with van der Waals surface area (Å²) in [5.74, 6) is -0.351. The highest BCUT2D eigenvalue weighted by molar-refractivity contribution is 5.94. The molecule has 0 saturated heterocycles. The Balaban J connectivity index is 2.28. The topological polar surface area (TPSA) is 67.5 Å². The van der Waals surface area contributed by atoms with E-state index in [-0.39, 0.29) is 17.6 Å². The molecule has 0 aliphatic heterocycles. The number of likely N-dealkylation sites (N-methyl/N-ethyl adjacent to an activating group) is 1. The maximum Gasteiger partial charge on any atom is 0.419 e. The summed E-state index contributed by atoms with van der Waals surface area (Å²) in [5, 5.41) is 2.93. The van der Waals surface area contributed by atoms with E-state index in [4.69, 9.17) is 4.42 Å². The second-order valence-corrected chi connectivity index (χ2v) is 6.01. The highest BCUT2D eigenvalue weighted by Gasteiger charge is 2.15. The number of carbonyl (C=O) groups is 1. The average molecular weight is 319 g/mol. The number of anilines is 1. The van der Waals surface area contributed by atoms with Gasteiger partial charge in [0, 0.05) is 24.7 Å². The van der Waals surface area contributed by atoms with Gasteiger partial charge < -0.3 is 14.6 Å². The van der Waals surface area contributed by atoms with Crippen molar-refractivity contribution in [1.29, 1.82) is 0 Å². The zero-order chi connectivity index (χ0) is 17.0. The first-order chi connectivity index (χ1) is 11.0. The predicted octanol–water partition coefficient (Wildman–Crippen LogP) is 2.53. The molecule has 6 nitrogen and oxygen atoms in total. The van der Waals surface area contributed by atoms with Gasteiger partial charge in [-0.15, -0.1) is 0 Å². The van der Waals surface area contributed by atoms with Crippen LogP contribution in [0.1, 0.15) is 26.7 Å². The normalized spacial score (nSPS) is 11.6. The summed E-state index contributed by atoms with van der Waals surface area (Å²) in [5.41, 5.74) is 1.93. The van der Waals surface area contributed by atoms with Crippen LogP contribution in [-0.4, -0.2) is 36.0 Å². The average Bonchev–Trinajstić information content (AvgIpc) is 2.81. The summed E-state index contributed by atoms with van der Waals surface area (Å²) < 4.78 is 6.86. The van der Waals surface area contributed by atoms with E-state index < -0.39 is 0 Å². The van der Waals surface area contributed by atoms with Crippen molar-refractivity contribution in [2.24, 2.45) is 5.92 Å².